The van der Waals surface area contributed by atoms with Gasteiger partial charge in [0.1, 0.15) is 12.4 Å². The lowest BCUT2D eigenvalue weighted by Crippen LogP contribution is -2.41. The Balaban J connectivity index is 1.27. The van der Waals surface area contributed by atoms with E-state index in [4.69, 9.17) is 9.47 Å². The molecule has 0 aromatic heterocycles. The van der Waals surface area contributed by atoms with Gasteiger partial charge in [0, 0.05) is 38.7 Å². The van der Waals surface area contributed by atoms with E-state index in [1.807, 2.05) is 37.4 Å². The fourth-order valence-electron chi connectivity index (χ4n) is 4.05. The van der Waals surface area contributed by atoms with Crippen LogP contribution in [0.4, 0.5) is 0 Å². The SMILES string of the molecule is CN=C(NCc1ccc(OCc2ccccc2)cc1)N1CCC2(CCOC2)C1. The first-order chi connectivity index (χ1) is 13.8. The minimum atomic E-state index is 0.343. The maximum Gasteiger partial charge on any atom is 0.193 e. The second-order valence-corrected chi connectivity index (χ2v) is 7.79. The van der Waals surface area contributed by atoms with E-state index in [2.05, 4.69) is 39.5 Å². The number of guanidine groups is 1. The van der Waals surface area contributed by atoms with Crippen LogP contribution in [0.2, 0.25) is 0 Å². The van der Waals surface area contributed by atoms with E-state index in [1.165, 1.54) is 24.0 Å². The Morgan fingerprint density at radius 2 is 1.93 bits per heavy atom. The van der Waals surface area contributed by atoms with E-state index >= 15 is 0 Å². The Labute approximate surface area is 167 Å². The molecule has 28 heavy (non-hydrogen) atoms. The van der Waals surface area contributed by atoms with Crippen molar-refractivity contribution in [1.82, 2.24) is 10.2 Å². The van der Waals surface area contributed by atoms with E-state index in [0.717, 1.165) is 44.6 Å². The molecule has 0 bridgehead atoms. The van der Waals surface area contributed by atoms with Gasteiger partial charge in [0.05, 0.1) is 6.61 Å². The summed E-state index contributed by atoms with van der Waals surface area (Å²) >= 11 is 0. The highest BCUT2D eigenvalue weighted by molar-refractivity contribution is 5.80. The summed E-state index contributed by atoms with van der Waals surface area (Å²) < 4.78 is 11.5. The first-order valence-corrected chi connectivity index (χ1v) is 10.1. The van der Waals surface area contributed by atoms with Crippen molar-refractivity contribution in [2.45, 2.75) is 26.0 Å². The minimum Gasteiger partial charge on any atom is -0.489 e. The molecule has 1 unspecified atom stereocenters. The molecule has 2 aliphatic heterocycles. The van der Waals surface area contributed by atoms with Crippen LogP contribution in [0.15, 0.2) is 59.6 Å². The van der Waals surface area contributed by atoms with Gasteiger partial charge in [-0.2, -0.15) is 0 Å². The molecule has 5 nitrogen and oxygen atoms in total. The van der Waals surface area contributed by atoms with Gasteiger partial charge < -0.3 is 19.7 Å². The highest BCUT2D eigenvalue weighted by Crippen LogP contribution is 2.38. The molecule has 2 fully saturated rings. The molecule has 2 aromatic rings. The Bertz CT molecular complexity index is 783. The zero-order valence-corrected chi connectivity index (χ0v) is 16.6. The van der Waals surface area contributed by atoms with Crippen molar-refractivity contribution in [3.63, 3.8) is 0 Å². The van der Waals surface area contributed by atoms with Crippen LogP contribution in [0, 0.1) is 5.41 Å². The highest BCUT2D eigenvalue weighted by Gasteiger charge is 2.42. The van der Waals surface area contributed by atoms with Crippen molar-refractivity contribution in [3.8, 4) is 5.75 Å². The standard InChI is InChI=1S/C23H29N3O2/c1-24-22(26-13-11-23(17-26)12-14-27-18-23)25-15-19-7-9-21(10-8-19)28-16-20-5-3-2-4-6-20/h2-10H,11-18H2,1H3,(H,24,25). The van der Waals surface area contributed by atoms with Crippen molar-refractivity contribution in [3.05, 3.63) is 65.7 Å². The smallest absolute Gasteiger partial charge is 0.193 e. The molecule has 2 aromatic carbocycles. The van der Waals surface area contributed by atoms with Gasteiger partial charge in [0.15, 0.2) is 5.96 Å². The summed E-state index contributed by atoms with van der Waals surface area (Å²) in [5.74, 6) is 1.87. The van der Waals surface area contributed by atoms with Gasteiger partial charge in [0.2, 0.25) is 0 Å². The predicted molar refractivity (Wildman–Crippen MR) is 111 cm³/mol. The lowest BCUT2D eigenvalue weighted by Gasteiger charge is -2.25. The molecular formula is C23H29N3O2. The lowest BCUT2D eigenvalue weighted by molar-refractivity contribution is 0.156. The molecule has 0 radical (unpaired) electrons. The summed E-state index contributed by atoms with van der Waals surface area (Å²) in [5.41, 5.74) is 2.73. The van der Waals surface area contributed by atoms with Crippen LogP contribution in [0.3, 0.4) is 0 Å². The molecule has 0 saturated carbocycles. The van der Waals surface area contributed by atoms with E-state index in [-0.39, 0.29) is 0 Å². The summed E-state index contributed by atoms with van der Waals surface area (Å²) in [6, 6.07) is 18.5. The number of rotatable bonds is 5. The second-order valence-electron chi connectivity index (χ2n) is 7.79. The molecule has 1 atom stereocenters. The van der Waals surface area contributed by atoms with Crippen LogP contribution in [-0.2, 0) is 17.9 Å². The molecule has 1 spiro atoms. The van der Waals surface area contributed by atoms with Gasteiger partial charge in [0.25, 0.3) is 0 Å². The van der Waals surface area contributed by atoms with Crippen molar-refractivity contribution in [1.29, 1.82) is 0 Å². The average molecular weight is 380 g/mol. The lowest BCUT2D eigenvalue weighted by atomic mass is 9.87. The molecule has 5 heteroatoms. The number of nitrogens with zero attached hydrogens (tertiary/aromatic N) is 2. The summed E-state index contributed by atoms with van der Waals surface area (Å²) in [6.45, 7) is 5.23. The third-order valence-electron chi connectivity index (χ3n) is 5.76. The largest absolute Gasteiger partial charge is 0.489 e. The normalized spacial score (nSPS) is 22.0. The Hall–Kier alpha value is -2.53. The third kappa shape index (κ3) is 4.47. The van der Waals surface area contributed by atoms with Crippen LogP contribution >= 0.6 is 0 Å². The van der Waals surface area contributed by atoms with Gasteiger partial charge in [-0.05, 0) is 36.1 Å². The van der Waals surface area contributed by atoms with Gasteiger partial charge in [-0.15, -0.1) is 0 Å². The molecule has 4 rings (SSSR count). The Morgan fingerprint density at radius 1 is 1.11 bits per heavy atom. The van der Waals surface area contributed by atoms with E-state index in [1.54, 1.807) is 0 Å². The van der Waals surface area contributed by atoms with Crippen molar-refractivity contribution >= 4 is 5.96 Å². The number of hydrogen-bond donors (Lipinski definition) is 1. The maximum atomic E-state index is 5.86. The number of ether oxygens (including phenoxy) is 2. The molecule has 2 aliphatic rings. The van der Waals surface area contributed by atoms with Gasteiger partial charge >= 0.3 is 0 Å². The van der Waals surface area contributed by atoms with E-state index in [9.17, 15) is 0 Å². The molecule has 2 saturated heterocycles. The molecule has 148 valence electrons. The molecule has 0 amide bonds. The predicted octanol–water partition coefficient (Wildman–Crippen LogP) is 3.45. The molecule has 0 aliphatic carbocycles. The Kier molecular flexibility index (Phi) is 5.81. The van der Waals surface area contributed by atoms with Crippen LogP contribution in [0.5, 0.6) is 5.75 Å². The quantitative estimate of drug-likeness (QED) is 0.638. The number of likely N-dealkylation sites (tertiary alicyclic amines) is 1. The zero-order valence-electron chi connectivity index (χ0n) is 16.6. The first-order valence-electron chi connectivity index (χ1n) is 10.1. The summed E-state index contributed by atoms with van der Waals surface area (Å²) in [7, 11) is 1.86. The summed E-state index contributed by atoms with van der Waals surface area (Å²) in [4.78, 5) is 6.85. The molecule has 2 heterocycles. The van der Waals surface area contributed by atoms with Crippen LogP contribution in [-0.4, -0.2) is 44.2 Å². The fourth-order valence-corrected chi connectivity index (χ4v) is 4.05. The second kappa shape index (κ2) is 8.65. The van der Waals surface area contributed by atoms with E-state index in [0.29, 0.717) is 12.0 Å². The first kappa shape index (κ1) is 18.8. The van der Waals surface area contributed by atoms with Crippen LogP contribution in [0.25, 0.3) is 0 Å². The summed E-state index contributed by atoms with van der Waals surface area (Å²) in [6.07, 6.45) is 2.37. The number of nitrogens with one attached hydrogen (secondary N) is 1. The van der Waals surface area contributed by atoms with Crippen LogP contribution < -0.4 is 10.1 Å². The topological polar surface area (TPSA) is 46.1 Å². The van der Waals surface area contributed by atoms with Crippen molar-refractivity contribution < 1.29 is 9.47 Å². The zero-order chi connectivity index (χ0) is 19.2. The number of benzene rings is 2. The fraction of sp³-hybridized carbons (Fsp3) is 0.435. The monoisotopic (exact) mass is 379 g/mol. The van der Waals surface area contributed by atoms with Gasteiger partial charge in [-0.3, -0.25) is 4.99 Å². The average Bonchev–Trinajstić information content (AvgIpc) is 3.38. The molecular weight excluding hydrogens is 350 g/mol. The third-order valence-corrected chi connectivity index (χ3v) is 5.76. The number of aliphatic imine (C=N–C) groups is 1. The maximum absolute atomic E-state index is 5.86. The minimum absolute atomic E-state index is 0.343. The van der Waals surface area contributed by atoms with Gasteiger partial charge in [-0.25, -0.2) is 0 Å². The van der Waals surface area contributed by atoms with Crippen molar-refractivity contribution in [2.75, 3.05) is 33.4 Å². The molecule has 1 N–H and O–H groups in total. The Morgan fingerprint density at radius 3 is 2.64 bits per heavy atom. The van der Waals surface area contributed by atoms with Crippen molar-refractivity contribution in [2.24, 2.45) is 10.4 Å². The van der Waals surface area contributed by atoms with Gasteiger partial charge in [-0.1, -0.05) is 42.5 Å². The van der Waals surface area contributed by atoms with E-state index < -0.39 is 0 Å². The number of hydrogen-bond acceptors (Lipinski definition) is 3. The summed E-state index contributed by atoms with van der Waals surface area (Å²) in [5, 5.41) is 3.51. The van der Waals surface area contributed by atoms with Crippen LogP contribution in [0.1, 0.15) is 24.0 Å². The highest BCUT2D eigenvalue weighted by atomic mass is 16.5.